The molecule has 0 saturated carbocycles. The van der Waals surface area contributed by atoms with Crippen molar-refractivity contribution in [2.45, 2.75) is 26.9 Å². The molecule has 132 valence electrons. The van der Waals surface area contributed by atoms with E-state index < -0.39 is 5.92 Å². The number of carbonyl (C=O) groups is 2. The molecule has 0 aromatic heterocycles. The third-order valence-corrected chi connectivity index (χ3v) is 4.79. The number of rotatable bonds is 4. The zero-order valence-electron chi connectivity index (χ0n) is 14.9. The number of esters is 1. The lowest BCUT2D eigenvalue weighted by molar-refractivity contribution is -0.149. The van der Waals surface area contributed by atoms with Gasteiger partial charge in [0.15, 0.2) is 0 Å². The van der Waals surface area contributed by atoms with Crippen molar-refractivity contribution in [2.75, 3.05) is 11.4 Å². The van der Waals surface area contributed by atoms with Gasteiger partial charge in [-0.1, -0.05) is 24.3 Å². The summed E-state index contributed by atoms with van der Waals surface area (Å²) in [4.78, 5) is 26.4. The molecule has 5 nitrogen and oxygen atoms in total. The van der Waals surface area contributed by atoms with Crippen molar-refractivity contribution in [1.82, 2.24) is 0 Å². The highest BCUT2D eigenvalue weighted by atomic mass is 16.5. The van der Waals surface area contributed by atoms with Crippen LogP contribution < -0.4 is 4.90 Å². The third kappa shape index (κ3) is 3.60. The number of nitrogens with zero attached hydrogens (tertiary/aromatic N) is 2. The van der Waals surface area contributed by atoms with Gasteiger partial charge in [-0.3, -0.25) is 9.59 Å². The lowest BCUT2D eigenvalue weighted by atomic mass is 10.1. The summed E-state index contributed by atoms with van der Waals surface area (Å²) in [5, 5.41) is 8.80. The van der Waals surface area contributed by atoms with E-state index in [1.165, 1.54) is 0 Å². The Kier molecular flexibility index (Phi) is 5.04. The molecule has 0 radical (unpaired) electrons. The number of benzene rings is 2. The molecule has 1 saturated heterocycles. The number of nitriles is 1. The summed E-state index contributed by atoms with van der Waals surface area (Å²) >= 11 is 0. The summed E-state index contributed by atoms with van der Waals surface area (Å²) in [6.45, 7) is 4.46. The normalized spacial score (nSPS) is 16.4. The molecule has 3 rings (SSSR count). The van der Waals surface area contributed by atoms with Gasteiger partial charge in [0.25, 0.3) is 0 Å². The summed E-state index contributed by atoms with van der Waals surface area (Å²) in [6, 6.07) is 14.8. The minimum Gasteiger partial charge on any atom is -0.461 e. The number of carbonyl (C=O) groups excluding carboxylic acids is 2. The molecule has 26 heavy (non-hydrogen) atoms. The van der Waals surface area contributed by atoms with E-state index in [0.717, 1.165) is 22.4 Å². The molecule has 0 bridgehead atoms. The molecular formula is C21H20N2O3. The average molecular weight is 348 g/mol. The zero-order chi connectivity index (χ0) is 18.7. The Morgan fingerprint density at radius 2 is 1.96 bits per heavy atom. The fourth-order valence-corrected chi connectivity index (χ4v) is 3.07. The predicted molar refractivity (Wildman–Crippen MR) is 97.3 cm³/mol. The van der Waals surface area contributed by atoms with Crippen LogP contribution in [0.2, 0.25) is 0 Å². The highest BCUT2D eigenvalue weighted by Crippen LogP contribution is 2.30. The van der Waals surface area contributed by atoms with Crippen molar-refractivity contribution in [3.8, 4) is 6.07 Å². The van der Waals surface area contributed by atoms with E-state index in [0.29, 0.717) is 12.1 Å². The van der Waals surface area contributed by atoms with Crippen LogP contribution >= 0.6 is 0 Å². The molecule has 0 unspecified atom stereocenters. The van der Waals surface area contributed by atoms with Crippen molar-refractivity contribution in [2.24, 2.45) is 5.92 Å². The lowest BCUT2D eigenvalue weighted by Crippen LogP contribution is -2.27. The summed E-state index contributed by atoms with van der Waals surface area (Å²) < 4.78 is 5.37. The number of aryl methyl sites for hydroxylation is 1. The van der Waals surface area contributed by atoms with E-state index in [1.54, 1.807) is 29.2 Å². The smallest absolute Gasteiger partial charge is 0.311 e. The van der Waals surface area contributed by atoms with Gasteiger partial charge in [-0.05, 0) is 48.7 Å². The monoisotopic (exact) mass is 348 g/mol. The predicted octanol–water partition coefficient (Wildman–Crippen LogP) is 3.27. The quantitative estimate of drug-likeness (QED) is 0.795. The molecule has 1 aliphatic heterocycles. The number of hydrogen-bond acceptors (Lipinski definition) is 4. The van der Waals surface area contributed by atoms with E-state index in [1.807, 2.05) is 38.1 Å². The van der Waals surface area contributed by atoms with E-state index in [-0.39, 0.29) is 24.9 Å². The lowest BCUT2D eigenvalue weighted by Gasteiger charge is -2.20. The molecule has 0 spiro atoms. The average Bonchev–Trinajstić information content (AvgIpc) is 3.04. The Hall–Kier alpha value is -3.13. The first kappa shape index (κ1) is 17.7. The molecule has 1 atom stereocenters. The molecule has 1 heterocycles. The first-order valence-electron chi connectivity index (χ1n) is 8.52. The molecule has 2 aromatic rings. The van der Waals surface area contributed by atoms with Gasteiger partial charge in [0.1, 0.15) is 6.61 Å². The van der Waals surface area contributed by atoms with Crippen LogP contribution in [0.1, 0.15) is 28.7 Å². The van der Waals surface area contributed by atoms with Crippen molar-refractivity contribution >= 4 is 17.6 Å². The summed E-state index contributed by atoms with van der Waals surface area (Å²) in [7, 11) is 0. The van der Waals surface area contributed by atoms with Gasteiger partial charge < -0.3 is 9.64 Å². The summed E-state index contributed by atoms with van der Waals surface area (Å²) in [6.07, 6.45) is 0.166. The van der Waals surface area contributed by atoms with Gasteiger partial charge in [-0.15, -0.1) is 0 Å². The second kappa shape index (κ2) is 7.40. The molecular weight excluding hydrogens is 328 g/mol. The molecule has 5 heteroatoms. The Morgan fingerprint density at radius 3 is 2.65 bits per heavy atom. The highest BCUT2D eigenvalue weighted by Gasteiger charge is 2.36. The number of anilines is 1. The molecule has 0 aliphatic carbocycles. The van der Waals surface area contributed by atoms with Crippen LogP contribution in [0.15, 0.2) is 42.5 Å². The molecule has 1 aliphatic rings. The van der Waals surface area contributed by atoms with Gasteiger partial charge in [0.05, 0.1) is 17.6 Å². The maximum absolute atomic E-state index is 12.4. The Morgan fingerprint density at radius 1 is 1.23 bits per heavy atom. The van der Waals surface area contributed by atoms with Crippen LogP contribution in [-0.4, -0.2) is 18.4 Å². The highest BCUT2D eigenvalue weighted by molar-refractivity contribution is 6.00. The van der Waals surface area contributed by atoms with Crippen LogP contribution in [0.25, 0.3) is 0 Å². The standard InChI is InChI=1S/C21H20N2O3/c1-14-4-3-5-19(15(14)2)23-12-18(10-20(23)24)21(25)26-13-17-8-6-16(11-22)7-9-17/h3-9,18H,10,12-13H2,1-2H3/t18-/m1/s1. The first-order valence-corrected chi connectivity index (χ1v) is 8.52. The van der Waals surface area contributed by atoms with E-state index in [4.69, 9.17) is 10.00 Å². The van der Waals surface area contributed by atoms with Crippen LogP contribution in [0.4, 0.5) is 5.69 Å². The van der Waals surface area contributed by atoms with Crippen LogP contribution in [0.3, 0.4) is 0 Å². The number of hydrogen-bond donors (Lipinski definition) is 0. The summed E-state index contributed by atoms with van der Waals surface area (Å²) in [5.74, 6) is -0.879. The Labute approximate surface area is 152 Å². The van der Waals surface area contributed by atoms with Crippen LogP contribution in [0.5, 0.6) is 0 Å². The number of ether oxygens (including phenoxy) is 1. The third-order valence-electron chi connectivity index (χ3n) is 4.79. The van der Waals surface area contributed by atoms with E-state index in [9.17, 15) is 9.59 Å². The Balaban J connectivity index is 1.63. The SMILES string of the molecule is Cc1cccc(N2C[C@H](C(=O)OCc3ccc(C#N)cc3)CC2=O)c1C. The molecule has 0 N–H and O–H groups in total. The van der Waals surface area contributed by atoms with Gasteiger partial charge in [-0.25, -0.2) is 0 Å². The second-order valence-corrected chi connectivity index (χ2v) is 6.54. The molecule has 1 amide bonds. The Bertz CT molecular complexity index is 881. The van der Waals surface area contributed by atoms with Crippen LogP contribution in [0, 0.1) is 31.1 Å². The number of amides is 1. The fourth-order valence-electron chi connectivity index (χ4n) is 3.07. The topological polar surface area (TPSA) is 70.4 Å². The maximum atomic E-state index is 12.4. The van der Waals surface area contributed by atoms with E-state index in [2.05, 4.69) is 0 Å². The van der Waals surface area contributed by atoms with Gasteiger partial charge in [0.2, 0.25) is 5.91 Å². The minimum atomic E-state index is -0.458. The second-order valence-electron chi connectivity index (χ2n) is 6.54. The van der Waals surface area contributed by atoms with E-state index >= 15 is 0 Å². The van der Waals surface area contributed by atoms with Gasteiger partial charge >= 0.3 is 5.97 Å². The van der Waals surface area contributed by atoms with Crippen molar-refractivity contribution < 1.29 is 14.3 Å². The molecule has 2 aromatic carbocycles. The molecule has 1 fully saturated rings. The fraction of sp³-hybridized carbons (Fsp3) is 0.286. The minimum absolute atomic E-state index is 0.0565. The van der Waals surface area contributed by atoms with Gasteiger partial charge in [-0.2, -0.15) is 5.26 Å². The summed E-state index contributed by atoms with van der Waals surface area (Å²) in [5.41, 5.74) is 4.39. The zero-order valence-corrected chi connectivity index (χ0v) is 14.9. The first-order chi connectivity index (χ1) is 12.5. The van der Waals surface area contributed by atoms with Crippen molar-refractivity contribution in [3.63, 3.8) is 0 Å². The maximum Gasteiger partial charge on any atom is 0.311 e. The van der Waals surface area contributed by atoms with Crippen molar-refractivity contribution in [1.29, 1.82) is 5.26 Å². The largest absolute Gasteiger partial charge is 0.461 e. The van der Waals surface area contributed by atoms with Gasteiger partial charge in [0, 0.05) is 18.7 Å². The van der Waals surface area contributed by atoms with Crippen LogP contribution in [-0.2, 0) is 20.9 Å². The van der Waals surface area contributed by atoms with Crippen molar-refractivity contribution in [3.05, 3.63) is 64.7 Å².